The number of ether oxygens (including phenoxy) is 1. The molecule has 2 aromatic heterocycles. The van der Waals surface area contributed by atoms with Crippen LogP contribution in [0.1, 0.15) is 48.4 Å². The van der Waals surface area contributed by atoms with Crippen LogP contribution in [0.15, 0.2) is 158 Å². The maximum atomic E-state index is 12.0. The Hall–Kier alpha value is -7.82. The average Bonchev–Trinajstić information content (AvgIpc) is 3.27. The fraction of sp³-hybridized carbons (Fsp3) is 0.0417. The third-order valence-corrected chi connectivity index (χ3v) is 9.55. The first-order chi connectivity index (χ1) is 29.1. The third-order valence-electron chi connectivity index (χ3n) is 9.55. The number of para-hydroxylation sites is 2. The van der Waals surface area contributed by atoms with Crippen LogP contribution in [0.25, 0.3) is 44.1 Å². The molecule has 0 aliphatic rings. The Morgan fingerprint density at radius 2 is 0.952 bits per heavy atom. The molecule has 6 aromatic carbocycles. The number of carboxylic acid groups (broad SMARTS) is 1. The molecule has 0 atom stereocenters. The fourth-order valence-electron chi connectivity index (χ4n) is 6.54. The molecule has 13 nitrogen and oxygen atoms in total. The van der Waals surface area contributed by atoms with Gasteiger partial charge in [-0.1, -0.05) is 84.9 Å². The van der Waals surface area contributed by atoms with Crippen molar-refractivity contribution in [3.8, 4) is 22.3 Å². The Kier molecular flexibility index (Phi) is 14.9. The van der Waals surface area contributed by atoms with Crippen LogP contribution in [-0.2, 0) is 4.74 Å². The monoisotopic (exact) mass is 818 g/mol. The van der Waals surface area contributed by atoms with Crippen molar-refractivity contribution in [1.82, 2.24) is 9.97 Å². The van der Waals surface area contributed by atoms with E-state index in [0.717, 1.165) is 49.9 Å². The van der Waals surface area contributed by atoms with Gasteiger partial charge in [0.2, 0.25) is 0 Å². The number of nitrogens with one attached hydrogen (secondary N) is 2. The van der Waals surface area contributed by atoms with Gasteiger partial charge in [0.05, 0.1) is 51.3 Å². The smallest absolute Gasteiger partial charge is 0.870 e. The number of aromatic nitrogens is 2. The minimum atomic E-state index is -0.965. The van der Waals surface area contributed by atoms with Gasteiger partial charge in [-0.2, -0.15) is 0 Å². The van der Waals surface area contributed by atoms with Crippen LogP contribution in [0.4, 0.5) is 22.7 Å². The second-order valence-corrected chi connectivity index (χ2v) is 13.4. The van der Waals surface area contributed by atoms with Crippen molar-refractivity contribution >= 4 is 68.3 Å². The second kappa shape index (κ2) is 20.4. The number of pyridine rings is 2. The molecule has 62 heavy (non-hydrogen) atoms. The zero-order valence-electron chi connectivity index (χ0n) is 33.7. The van der Waals surface area contributed by atoms with Crippen LogP contribution in [0, 0.1) is 0 Å². The molecule has 0 unspecified atom stereocenters. The van der Waals surface area contributed by atoms with Gasteiger partial charge in [0.15, 0.2) is 0 Å². The summed E-state index contributed by atoms with van der Waals surface area (Å²) in [7, 11) is 0. The third kappa shape index (κ3) is 10.3. The normalized spacial score (nSPS) is 10.3. The molecule has 0 aliphatic heterocycles. The molecular weight excluding hydrogens is 780 g/mol. The number of hydrogen-bond acceptors (Lipinski definition) is 10. The van der Waals surface area contributed by atoms with E-state index in [2.05, 4.69) is 20.6 Å². The quantitative estimate of drug-likeness (QED) is 0.0730. The number of benzene rings is 6. The van der Waals surface area contributed by atoms with Crippen LogP contribution in [0.5, 0.6) is 0 Å². The SMILES string of the molecule is CCOC(=O)c1ccc(-c2ccc3c(Nc4ccccc4)c(C(N)=O)cnc3c2)cc1.NC(=O)c1cnc2cc(-c3ccc(C(=O)O)cc3)ccc2c1Nc1ccccc1.[Li+].[OH-]. The van der Waals surface area contributed by atoms with Crippen LogP contribution < -0.4 is 41.0 Å². The molecule has 0 saturated heterocycles. The van der Waals surface area contributed by atoms with Crippen LogP contribution in [-0.4, -0.2) is 50.9 Å². The summed E-state index contributed by atoms with van der Waals surface area (Å²) < 4.78 is 5.03. The summed E-state index contributed by atoms with van der Waals surface area (Å²) >= 11 is 0. The number of nitrogens with zero attached hydrogens (tertiary/aromatic N) is 2. The van der Waals surface area contributed by atoms with Crippen molar-refractivity contribution in [2.75, 3.05) is 17.2 Å². The molecule has 0 spiro atoms. The van der Waals surface area contributed by atoms with E-state index in [1.54, 1.807) is 43.3 Å². The zero-order chi connectivity index (χ0) is 42.2. The van der Waals surface area contributed by atoms with Gasteiger partial charge in [0.25, 0.3) is 11.8 Å². The van der Waals surface area contributed by atoms with Gasteiger partial charge in [-0.05, 0) is 89.8 Å². The molecule has 8 N–H and O–H groups in total. The van der Waals surface area contributed by atoms with Crippen molar-refractivity contribution in [1.29, 1.82) is 0 Å². The Balaban J connectivity index is 0.000000227. The molecule has 14 heteroatoms. The number of rotatable bonds is 11. The van der Waals surface area contributed by atoms with E-state index < -0.39 is 17.8 Å². The molecule has 0 aliphatic carbocycles. The fourth-order valence-corrected chi connectivity index (χ4v) is 6.54. The van der Waals surface area contributed by atoms with Gasteiger partial charge < -0.3 is 37.4 Å². The van der Waals surface area contributed by atoms with E-state index in [0.29, 0.717) is 40.2 Å². The molecule has 0 radical (unpaired) electrons. The van der Waals surface area contributed by atoms with E-state index in [1.165, 1.54) is 12.4 Å². The van der Waals surface area contributed by atoms with Gasteiger partial charge in [-0.25, -0.2) is 9.59 Å². The number of carbonyl (C=O) groups is 4. The number of carbonyl (C=O) groups excluding carboxylic acids is 3. The summed E-state index contributed by atoms with van der Waals surface area (Å²) in [6.45, 7) is 2.11. The van der Waals surface area contributed by atoms with Crippen LogP contribution in [0.3, 0.4) is 0 Å². The predicted molar refractivity (Wildman–Crippen MR) is 236 cm³/mol. The number of primary amides is 2. The van der Waals surface area contributed by atoms with Crippen molar-refractivity contribution < 1.29 is 53.4 Å². The zero-order valence-corrected chi connectivity index (χ0v) is 33.7. The van der Waals surface area contributed by atoms with E-state index in [1.807, 2.05) is 109 Å². The molecule has 8 aromatic rings. The Labute approximate surface area is 368 Å². The summed E-state index contributed by atoms with van der Waals surface area (Å²) in [5.41, 5.74) is 20.4. The van der Waals surface area contributed by atoms with Crippen molar-refractivity contribution in [2.24, 2.45) is 11.5 Å². The van der Waals surface area contributed by atoms with Gasteiger partial charge in [-0.3, -0.25) is 19.6 Å². The minimum absolute atomic E-state index is 0. The van der Waals surface area contributed by atoms with Crippen LogP contribution >= 0.6 is 0 Å². The van der Waals surface area contributed by atoms with Crippen molar-refractivity contribution in [3.05, 3.63) is 180 Å². The summed E-state index contributed by atoms with van der Waals surface area (Å²) in [4.78, 5) is 55.7. The summed E-state index contributed by atoms with van der Waals surface area (Å²) in [5, 5.41) is 17.2. The van der Waals surface area contributed by atoms with E-state index in [9.17, 15) is 19.2 Å². The second-order valence-electron chi connectivity index (χ2n) is 13.4. The first-order valence-corrected chi connectivity index (χ1v) is 18.8. The Morgan fingerprint density at radius 1 is 0.565 bits per heavy atom. The van der Waals surface area contributed by atoms with E-state index in [4.69, 9.17) is 21.3 Å². The molecule has 0 bridgehead atoms. The molecular formula is C48H39LiN6O7. The number of amides is 2. The molecule has 0 saturated carbocycles. The molecule has 304 valence electrons. The standard InChI is InChI=1S/C25H21N3O3.C23H17N3O3.Li.H2O/c1-2-31-25(30)17-10-8-16(9-11-17)18-12-13-20-22(14-18)27-15-21(24(26)29)23(20)28-19-6-4-3-5-7-19;24-22(27)19-13-25-20-12-16(14-6-8-15(9-7-14)23(28)29)10-11-18(20)21(19)26-17-4-2-1-3-5-17;;/h3-15H,2H2,1H3,(H2,26,29)(H,27,28);1-13H,(H2,24,27)(H,25,26)(H,28,29);;1H2/q;;+1;/p-1. The summed E-state index contributed by atoms with van der Waals surface area (Å²) in [6, 6.07) is 44.4. The Morgan fingerprint density at radius 3 is 1.32 bits per heavy atom. The molecule has 0 fully saturated rings. The van der Waals surface area contributed by atoms with Gasteiger partial charge in [0, 0.05) is 34.5 Å². The average molecular weight is 819 g/mol. The van der Waals surface area contributed by atoms with Crippen LogP contribution in [0.2, 0.25) is 0 Å². The summed E-state index contributed by atoms with van der Waals surface area (Å²) in [6.07, 6.45) is 2.96. The van der Waals surface area contributed by atoms with E-state index in [-0.39, 0.29) is 35.9 Å². The number of carboxylic acids is 1. The molecule has 2 heterocycles. The first-order valence-electron chi connectivity index (χ1n) is 18.8. The number of hydrogen-bond donors (Lipinski definition) is 5. The Bertz CT molecular complexity index is 2880. The van der Waals surface area contributed by atoms with Gasteiger partial charge >= 0.3 is 30.8 Å². The van der Waals surface area contributed by atoms with E-state index >= 15 is 0 Å². The number of fused-ring (bicyclic) bond motifs is 2. The number of aromatic carboxylic acids is 1. The maximum Gasteiger partial charge on any atom is 1.00 e. The maximum absolute atomic E-state index is 12.0. The summed E-state index contributed by atoms with van der Waals surface area (Å²) in [5.74, 6) is -2.42. The van der Waals surface area contributed by atoms with Crippen molar-refractivity contribution in [2.45, 2.75) is 6.92 Å². The number of esters is 1. The molecule has 8 rings (SSSR count). The molecule has 2 amide bonds. The number of nitrogens with two attached hydrogens (primary N) is 2. The van der Waals surface area contributed by atoms with Gasteiger partial charge in [-0.15, -0.1) is 0 Å². The largest absolute Gasteiger partial charge is 1.00 e. The predicted octanol–water partition coefficient (Wildman–Crippen LogP) is 6.19. The van der Waals surface area contributed by atoms with Crippen molar-refractivity contribution in [3.63, 3.8) is 0 Å². The first kappa shape index (κ1) is 45.3. The van der Waals surface area contributed by atoms with Gasteiger partial charge in [0.1, 0.15) is 0 Å². The number of anilines is 4. The minimum Gasteiger partial charge on any atom is -0.870 e. The topological polar surface area (TPSA) is 230 Å².